The van der Waals surface area contributed by atoms with Gasteiger partial charge in [-0.05, 0) is 126 Å². The molecule has 4 nitrogen and oxygen atoms in total. The Labute approximate surface area is 284 Å². The number of hydrogen-bond donors (Lipinski definition) is 2. The number of aryl methyl sites for hydroxylation is 4. The molecule has 0 fully saturated rings. The Morgan fingerprint density at radius 1 is 0.532 bits per heavy atom. The summed E-state index contributed by atoms with van der Waals surface area (Å²) >= 11 is 1.68. The third-order valence-electron chi connectivity index (χ3n) is 9.94. The zero-order valence-electron chi connectivity index (χ0n) is 29.4. The molecule has 242 valence electrons. The first-order valence-corrected chi connectivity index (χ1v) is 18.6. The number of aromatic nitrogens is 4. The highest BCUT2D eigenvalue weighted by Crippen LogP contribution is 2.41. The minimum absolute atomic E-state index is 0.889. The van der Waals surface area contributed by atoms with Crippen LogP contribution in [0, 0.1) is 11.8 Å². The molecule has 47 heavy (non-hydrogen) atoms. The molecule has 0 saturated carbocycles. The Morgan fingerprint density at radius 3 is 1.32 bits per heavy atom. The van der Waals surface area contributed by atoms with Crippen LogP contribution >= 0.6 is 11.3 Å². The Kier molecular flexibility index (Phi) is 9.71. The van der Waals surface area contributed by atoms with Crippen LogP contribution in [0.3, 0.4) is 0 Å². The van der Waals surface area contributed by atoms with Crippen LogP contribution in [0.15, 0.2) is 35.7 Å². The lowest BCUT2D eigenvalue weighted by molar-refractivity contribution is 1.07. The zero-order valence-corrected chi connectivity index (χ0v) is 30.2. The van der Waals surface area contributed by atoms with Crippen LogP contribution in [0.5, 0.6) is 0 Å². The summed E-state index contributed by atoms with van der Waals surface area (Å²) < 4.78 is 0. The molecule has 0 aliphatic carbocycles. The van der Waals surface area contributed by atoms with Gasteiger partial charge in [0.2, 0.25) is 0 Å². The van der Waals surface area contributed by atoms with Crippen LogP contribution in [-0.4, -0.2) is 19.9 Å². The van der Waals surface area contributed by atoms with E-state index in [0.717, 1.165) is 84.6 Å². The van der Waals surface area contributed by atoms with Gasteiger partial charge >= 0.3 is 0 Å². The van der Waals surface area contributed by atoms with Crippen molar-refractivity contribution in [3.63, 3.8) is 0 Å². The van der Waals surface area contributed by atoms with Crippen molar-refractivity contribution in [3.8, 4) is 11.8 Å². The second kappa shape index (κ2) is 13.9. The van der Waals surface area contributed by atoms with E-state index >= 15 is 0 Å². The van der Waals surface area contributed by atoms with Gasteiger partial charge < -0.3 is 9.97 Å². The minimum Gasteiger partial charge on any atom is -0.355 e. The predicted molar refractivity (Wildman–Crippen MR) is 204 cm³/mol. The highest BCUT2D eigenvalue weighted by molar-refractivity contribution is 7.10. The fraction of sp³-hybridized carbons (Fsp3) is 0.381. The number of thiophene rings is 1. The molecular weight excluding hydrogens is 593 g/mol. The quantitative estimate of drug-likeness (QED) is 0.188. The van der Waals surface area contributed by atoms with E-state index in [1.54, 1.807) is 11.3 Å². The smallest absolute Gasteiger partial charge is 0.0851 e. The van der Waals surface area contributed by atoms with E-state index in [0.29, 0.717) is 0 Å². The summed E-state index contributed by atoms with van der Waals surface area (Å²) in [4.78, 5) is 19.8. The molecule has 0 amide bonds. The molecule has 2 N–H and O–H groups in total. The third kappa shape index (κ3) is 5.72. The van der Waals surface area contributed by atoms with Gasteiger partial charge in [-0.25, -0.2) is 9.97 Å². The van der Waals surface area contributed by atoms with Crippen molar-refractivity contribution in [3.05, 3.63) is 91.2 Å². The largest absolute Gasteiger partial charge is 0.355 e. The van der Waals surface area contributed by atoms with Crippen LogP contribution in [-0.2, 0) is 25.7 Å². The van der Waals surface area contributed by atoms with Gasteiger partial charge in [-0.1, -0.05) is 73.3 Å². The van der Waals surface area contributed by atoms with Gasteiger partial charge in [0.25, 0.3) is 0 Å². The molecule has 0 spiro atoms. The number of H-pyrrole nitrogens is 2. The molecule has 2 aliphatic rings. The van der Waals surface area contributed by atoms with E-state index < -0.39 is 0 Å². The lowest BCUT2D eigenvalue weighted by atomic mass is 9.94. The molecule has 8 bridgehead atoms. The standard InChI is InChI=1S/C42H48N4S/c1-9-26-28(11-3)37-23-39-30(13-5)32(15-7)41(45-39)34(20-19-25-18-17-21-47-25)42-33(16-8)31(14-6)40(46-42)24-38-29(12-4)27(10-2)36(44-38)22-35(26)43-37/h17-18,21-24,43-44H,9-16H2,1-8H3. The molecular formula is C42H48N4S. The summed E-state index contributed by atoms with van der Waals surface area (Å²) in [7, 11) is 0. The molecule has 0 unspecified atom stereocenters. The summed E-state index contributed by atoms with van der Waals surface area (Å²) in [6.07, 6.45) is 7.46. The van der Waals surface area contributed by atoms with Gasteiger partial charge in [0.15, 0.2) is 0 Å². The van der Waals surface area contributed by atoms with Gasteiger partial charge in [0, 0.05) is 22.1 Å². The van der Waals surface area contributed by atoms with E-state index in [1.165, 1.54) is 66.6 Å². The summed E-state index contributed by atoms with van der Waals surface area (Å²) in [5, 5.41) is 2.09. The van der Waals surface area contributed by atoms with E-state index in [-0.39, 0.29) is 0 Å². The number of nitrogens with zero attached hydrogens (tertiary/aromatic N) is 2. The molecule has 0 radical (unpaired) electrons. The number of nitrogens with one attached hydrogen (secondary N) is 2. The van der Waals surface area contributed by atoms with Crippen molar-refractivity contribution in [1.82, 2.24) is 19.9 Å². The number of aromatic amines is 2. The van der Waals surface area contributed by atoms with Crippen LogP contribution in [0.4, 0.5) is 0 Å². The Balaban J connectivity index is 1.89. The Bertz CT molecular complexity index is 2000. The number of hydrogen-bond acceptors (Lipinski definition) is 3. The fourth-order valence-corrected chi connectivity index (χ4v) is 8.35. The average Bonchev–Trinajstić information content (AvgIpc) is 3.90. The first-order valence-electron chi connectivity index (χ1n) is 17.8. The monoisotopic (exact) mass is 640 g/mol. The maximum Gasteiger partial charge on any atom is 0.0851 e. The number of rotatable bonds is 8. The SMILES string of the molecule is CCC1=C(CC)c2nc1cc1[nH]c(cc3[nH]c(cc4nc(c2C#Cc2cccs2)C(CC)=C4CC)c(CC)c3CC)c(CC)c1CC. The molecule has 0 atom stereocenters. The van der Waals surface area contributed by atoms with Crippen molar-refractivity contribution in [1.29, 1.82) is 0 Å². The van der Waals surface area contributed by atoms with Crippen LogP contribution in [0.25, 0.3) is 44.4 Å². The summed E-state index contributed by atoms with van der Waals surface area (Å²) in [6.45, 7) is 18.1. The van der Waals surface area contributed by atoms with E-state index in [4.69, 9.17) is 9.97 Å². The summed E-state index contributed by atoms with van der Waals surface area (Å²) in [6, 6.07) is 11.1. The van der Waals surface area contributed by atoms with Crippen molar-refractivity contribution >= 4 is 55.7 Å². The fourth-order valence-electron chi connectivity index (χ4n) is 7.78. The molecule has 6 rings (SSSR count). The van der Waals surface area contributed by atoms with Gasteiger partial charge in [-0.3, -0.25) is 0 Å². The summed E-state index contributed by atoms with van der Waals surface area (Å²) in [5.41, 5.74) is 20.5. The van der Waals surface area contributed by atoms with Crippen LogP contribution in [0.2, 0.25) is 0 Å². The maximum absolute atomic E-state index is 5.48. The zero-order chi connectivity index (χ0) is 33.2. The van der Waals surface area contributed by atoms with E-state index in [9.17, 15) is 0 Å². The van der Waals surface area contributed by atoms with Crippen LogP contribution in [0.1, 0.15) is 137 Å². The molecule has 0 saturated heterocycles. The predicted octanol–water partition coefficient (Wildman–Crippen LogP) is 11.5. The second-order valence-corrected chi connectivity index (χ2v) is 13.2. The molecule has 5 heteroatoms. The molecule has 6 heterocycles. The van der Waals surface area contributed by atoms with Crippen molar-refractivity contribution < 1.29 is 0 Å². The normalized spacial score (nSPS) is 13.0. The van der Waals surface area contributed by atoms with Gasteiger partial charge in [0.05, 0.1) is 33.2 Å². The molecule has 0 aromatic carbocycles. The first kappa shape index (κ1) is 32.8. The van der Waals surface area contributed by atoms with Crippen molar-refractivity contribution in [2.45, 2.75) is 107 Å². The molecule has 4 aromatic rings. The average molecular weight is 641 g/mol. The van der Waals surface area contributed by atoms with Gasteiger partial charge in [-0.15, -0.1) is 11.3 Å². The van der Waals surface area contributed by atoms with Crippen LogP contribution < -0.4 is 0 Å². The Hall–Kier alpha value is -4.14. The molecule has 4 aromatic heterocycles. The second-order valence-electron chi connectivity index (χ2n) is 12.3. The van der Waals surface area contributed by atoms with Gasteiger partial charge in [0.1, 0.15) is 0 Å². The topological polar surface area (TPSA) is 57.4 Å². The van der Waals surface area contributed by atoms with Crippen molar-refractivity contribution in [2.24, 2.45) is 0 Å². The lowest BCUT2D eigenvalue weighted by Gasteiger charge is -2.08. The Morgan fingerprint density at radius 2 is 0.957 bits per heavy atom. The third-order valence-corrected chi connectivity index (χ3v) is 10.7. The first-order chi connectivity index (χ1) is 22.9. The number of fused-ring (bicyclic) bond motifs is 8. The van der Waals surface area contributed by atoms with E-state index in [1.807, 2.05) is 0 Å². The molecule has 2 aliphatic heterocycles. The maximum atomic E-state index is 5.48. The highest BCUT2D eigenvalue weighted by Gasteiger charge is 2.26. The number of allylic oxidation sites excluding steroid dienone is 4. The minimum atomic E-state index is 0.889. The highest BCUT2D eigenvalue weighted by atomic mass is 32.1. The summed E-state index contributed by atoms with van der Waals surface area (Å²) in [5.74, 6) is 7.16. The van der Waals surface area contributed by atoms with E-state index in [2.05, 4.69) is 113 Å². The lowest BCUT2D eigenvalue weighted by Crippen LogP contribution is -1.95. The van der Waals surface area contributed by atoms with Crippen molar-refractivity contribution in [2.75, 3.05) is 0 Å². The van der Waals surface area contributed by atoms with Gasteiger partial charge in [-0.2, -0.15) is 0 Å².